The molecule has 0 fully saturated rings. The van der Waals surface area contributed by atoms with Gasteiger partial charge in [0.25, 0.3) is 0 Å². The molecule has 0 atom stereocenters. The summed E-state index contributed by atoms with van der Waals surface area (Å²) in [5, 5.41) is 0. The lowest BCUT2D eigenvalue weighted by atomic mass is 10.1. The van der Waals surface area contributed by atoms with Crippen molar-refractivity contribution in [1.29, 1.82) is 0 Å². The number of nitrogens with zero attached hydrogens (tertiary/aromatic N) is 2. The highest BCUT2D eigenvalue weighted by Crippen LogP contribution is 2.26. The number of rotatable bonds is 1. The van der Waals surface area contributed by atoms with Crippen molar-refractivity contribution in [3.05, 3.63) is 53.6 Å². The molecule has 19 heavy (non-hydrogen) atoms. The van der Waals surface area contributed by atoms with Gasteiger partial charge in [0, 0.05) is 17.0 Å². The molecule has 2 N–H and O–H groups in total. The lowest BCUT2D eigenvalue weighted by molar-refractivity contribution is 0.628. The highest BCUT2D eigenvalue weighted by Gasteiger charge is 2.12. The molecule has 0 aliphatic carbocycles. The van der Waals surface area contributed by atoms with Gasteiger partial charge in [-0.3, -0.25) is 4.40 Å². The van der Waals surface area contributed by atoms with Crippen molar-refractivity contribution in [1.82, 2.24) is 9.38 Å². The Bertz CT molecular complexity index is 757. The van der Waals surface area contributed by atoms with Crippen LogP contribution in [0.3, 0.4) is 0 Å². The maximum absolute atomic E-state index is 13.0. The van der Waals surface area contributed by atoms with Gasteiger partial charge < -0.3 is 5.73 Å². The molecule has 3 nitrogen and oxygen atoms in total. The third-order valence-corrected chi connectivity index (χ3v) is 3.42. The Balaban J connectivity index is 2.28. The molecule has 0 amide bonds. The van der Waals surface area contributed by atoms with Crippen molar-refractivity contribution in [2.45, 2.75) is 13.8 Å². The smallest absolute Gasteiger partial charge is 0.138 e. The topological polar surface area (TPSA) is 43.3 Å². The molecule has 4 heteroatoms. The number of imidazole rings is 1. The van der Waals surface area contributed by atoms with E-state index in [0.29, 0.717) is 0 Å². The second-order valence-corrected chi connectivity index (χ2v) is 4.62. The summed E-state index contributed by atoms with van der Waals surface area (Å²) in [7, 11) is 0. The quantitative estimate of drug-likeness (QED) is 0.724. The monoisotopic (exact) mass is 255 g/mol. The number of aromatic nitrogens is 2. The molecule has 0 bridgehead atoms. The minimum absolute atomic E-state index is 0.245. The summed E-state index contributed by atoms with van der Waals surface area (Å²) in [6, 6.07) is 10.1. The minimum Gasteiger partial charge on any atom is -0.397 e. The van der Waals surface area contributed by atoms with Gasteiger partial charge in [-0.05, 0) is 50.2 Å². The van der Waals surface area contributed by atoms with E-state index in [-0.39, 0.29) is 5.82 Å². The summed E-state index contributed by atoms with van der Waals surface area (Å²) in [6.45, 7) is 3.95. The lowest BCUT2D eigenvalue weighted by Gasteiger charge is -2.05. The van der Waals surface area contributed by atoms with Crippen molar-refractivity contribution in [2.24, 2.45) is 0 Å². The fraction of sp³-hybridized carbons (Fsp3) is 0.133. The van der Waals surface area contributed by atoms with Crippen molar-refractivity contribution in [3.8, 4) is 11.3 Å². The van der Waals surface area contributed by atoms with Gasteiger partial charge in [-0.15, -0.1) is 0 Å². The molecule has 0 aliphatic heterocycles. The van der Waals surface area contributed by atoms with Crippen LogP contribution < -0.4 is 5.73 Å². The van der Waals surface area contributed by atoms with Crippen LogP contribution in [0.15, 0.2) is 36.4 Å². The molecular weight excluding hydrogens is 241 g/mol. The van der Waals surface area contributed by atoms with Crippen LogP contribution >= 0.6 is 0 Å². The molecule has 0 aliphatic rings. The van der Waals surface area contributed by atoms with Crippen molar-refractivity contribution >= 4 is 11.3 Å². The molecule has 3 aromatic rings. The molecule has 0 saturated heterocycles. The van der Waals surface area contributed by atoms with Crippen LogP contribution in [0.25, 0.3) is 16.9 Å². The summed E-state index contributed by atoms with van der Waals surface area (Å²) in [4.78, 5) is 4.60. The van der Waals surface area contributed by atoms with Crippen molar-refractivity contribution < 1.29 is 4.39 Å². The number of nitrogens with two attached hydrogens (primary N) is 1. The summed E-state index contributed by atoms with van der Waals surface area (Å²) in [5.74, 6) is -0.245. The van der Waals surface area contributed by atoms with E-state index in [2.05, 4.69) is 4.98 Å². The molecule has 2 heterocycles. The van der Waals surface area contributed by atoms with Crippen molar-refractivity contribution in [3.63, 3.8) is 0 Å². The van der Waals surface area contributed by atoms with E-state index in [1.54, 1.807) is 12.1 Å². The normalized spacial score (nSPS) is 11.1. The average molecular weight is 255 g/mol. The number of hydrogen-bond acceptors (Lipinski definition) is 2. The maximum Gasteiger partial charge on any atom is 0.138 e. The van der Waals surface area contributed by atoms with E-state index in [1.165, 1.54) is 12.1 Å². The van der Waals surface area contributed by atoms with E-state index in [9.17, 15) is 4.39 Å². The van der Waals surface area contributed by atoms with Gasteiger partial charge in [-0.2, -0.15) is 0 Å². The molecule has 1 aromatic carbocycles. The van der Waals surface area contributed by atoms with Crippen LogP contribution in [-0.2, 0) is 0 Å². The number of hydrogen-bond donors (Lipinski definition) is 1. The molecule has 2 aromatic heterocycles. The number of fused-ring (bicyclic) bond motifs is 1. The van der Waals surface area contributed by atoms with Gasteiger partial charge in [0.1, 0.15) is 11.5 Å². The Kier molecular flexibility index (Phi) is 2.52. The van der Waals surface area contributed by atoms with Gasteiger partial charge in [-0.25, -0.2) is 9.37 Å². The van der Waals surface area contributed by atoms with Gasteiger partial charge >= 0.3 is 0 Å². The number of nitrogen functional groups attached to an aromatic ring is 1. The van der Waals surface area contributed by atoms with E-state index in [0.717, 1.165) is 34.0 Å². The molecule has 96 valence electrons. The first-order valence-electron chi connectivity index (χ1n) is 6.08. The Morgan fingerprint density at radius 1 is 1.00 bits per heavy atom. The Labute approximate surface area is 110 Å². The molecule has 0 unspecified atom stereocenters. The Hall–Kier alpha value is -2.36. The van der Waals surface area contributed by atoms with E-state index < -0.39 is 0 Å². The highest BCUT2D eigenvalue weighted by molar-refractivity contribution is 5.68. The van der Waals surface area contributed by atoms with Crippen LogP contribution in [-0.4, -0.2) is 9.38 Å². The molecule has 0 saturated carbocycles. The fourth-order valence-corrected chi connectivity index (χ4v) is 2.35. The zero-order valence-corrected chi connectivity index (χ0v) is 10.8. The zero-order valence-electron chi connectivity index (χ0n) is 10.8. The first-order chi connectivity index (χ1) is 9.08. The third kappa shape index (κ3) is 1.76. The lowest BCUT2D eigenvalue weighted by Crippen LogP contribution is -1.99. The second kappa shape index (κ2) is 4.09. The van der Waals surface area contributed by atoms with Crippen LogP contribution in [0, 0.1) is 19.7 Å². The Morgan fingerprint density at radius 2 is 1.68 bits per heavy atom. The second-order valence-electron chi connectivity index (χ2n) is 4.62. The summed E-state index contributed by atoms with van der Waals surface area (Å²) in [6.07, 6.45) is 0. The van der Waals surface area contributed by atoms with E-state index in [1.807, 2.05) is 30.4 Å². The first-order valence-corrected chi connectivity index (χ1v) is 6.08. The van der Waals surface area contributed by atoms with Crippen LogP contribution in [0.2, 0.25) is 0 Å². The highest BCUT2D eigenvalue weighted by atomic mass is 19.1. The predicted molar refractivity (Wildman–Crippen MR) is 74.5 cm³/mol. The largest absolute Gasteiger partial charge is 0.397 e. The number of benzene rings is 1. The van der Waals surface area contributed by atoms with Crippen LogP contribution in [0.5, 0.6) is 0 Å². The van der Waals surface area contributed by atoms with E-state index >= 15 is 0 Å². The summed E-state index contributed by atoms with van der Waals surface area (Å²) in [5.41, 5.74) is 11.2. The van der Waals surface area contributed by atoms with Crippen molar-refractivity contribution in [2.75, 3.05) is 5.73 Å². The number of halogens is 1. The van der Waals surface area contributed by atoms with Gasteiger partial charge in [0.15, 0.2) is 0 Å². The SMILES string of the molecule is Cc1c(N)ccc2nc(-c3ccc(F)cc3)c(C)n12. The van der Waals surface area contributed by atoms with Crippen LogP contribution in [0.4, 0.5) is 10.1 Å². The summed E-state index contributed by atoms with van der Waals surface area (Å²) >= 11 is 0. The summed E-state index contributed by atoms with van der Waals surface area (Å²) < 4.78 is 15.0. The van der Waals surface area contributed by atoms with Gasteiger partial charge in [0.05, 0.1) is 11.4 Å². The zero-order chi connectivity index (χ0) is 13.6. The number of anilines is 1. The average Bonchev–Trinajstić information content (AvgIpc) is 2.73. The van der Waals surface area contributed by atoms with E-state index in [4.69, 9.17) is 5.73 Å². The van der Waals surface area contributed by atoms with Gasteiger partial charge in [0.2, 0.25) is 0 Å². The molecule has 3 rings (SSSR count). The molecule has 0 spiro atoms. The third-order valence-electron chi connectivity index (χ3n) is 3.42. The maximum atomic E-state index is 13.0. The molecular formula is C15H14FN3. The Morgan fingerprint density at radius 3 is 2.37 bits per heavy atom. The predicted octanol–water partition coefficient (Wildman–Crippen LogP) is 3.34. The van der Waals surface area contributed by atoms with Gasteiger partial charge in [-0.1, -0.05) is 0 Å². The number of aryl methyl sites for hydroxylation is 2. The first kappa shape index (κ1) is 11.7. The number of pyridine rings is 1. The standard InChI is InChI=1S/C15H14FN3/c1-9-13(17)7-8-14-18-15(10(2)19(9)14)11-3-5-12(16)6-4-11/h3-8H,17H2,1-2H3. The molecule has 0 radical (unpaired) electrons. The van der Waals surface area contributed by atoms with Crippen LogP contribution in [0.1, 0.15) is 11.4 Å². The fourth-order valence-electron chi connectivity index (χ4n) is 2.35. The minimum atomic E-state index is -0.245.